The summed E-state index contributed by atoms with van der Waals surface area (Å²) < 4.78 is 33.7. The van der Waals surface area contributed by atoms with Crippen LogP contribution in [-0.4, -0.2) is 23.8 Å². The van der Waals surface area contributed by atoms with Gasteiger partial charge in [-0.25, -0.2) is 9.78 Å². The molecule has 0 radical (unpaired) electrons. The third kappa shape index (κ3) is 3.11. The van der Waals surface area contributed by atoms with Crippen LogP contribution in [0.1, 0.15) is 30.8 Å². The fraction of sp³-hybridized carbons (Fsp3) is 0.467. The van der Waals surface area contributed by atoms with Gasteiger partial charge >= 0.3 is 12.2 Å². The number of nitrogens with zero attached hydrogens (tertiary/aromatic N) is 5. The van der Waals surface area contributed by atoms with E-state index in [1.165, 1.54) is 7.05 Å². The molecule has 8 nitrogen and oxygen atoms in total. The van der Waals surface area contributed by atoms with Crippen LogP contribution in [0.5, 0.6) is 0 Å². The summed E-state index contributed by atoms with van der Waals surface area (Å²) in [6, 6.07) is 1.82. The summed E-state index contributed by atoms with van der Waals surface area (Å²) in [5.74, 6) is 0.726. The van der Waals surface area contributed by atoms with Gasteiger partial charge in [0.15, 0.2) is 11.2 Å². The van der Waals surface area contributed by atoms with Crippen LogP contribution in [0.25, 0.3) is 11.2 Å². The lowest BCUT2D eigenvalue weighted by atomic mass is 10.2. The Hall–Kier alpha value is -2.78. The first-order valence-corrected chi connectivity index (χ1v) is 7.77. The minimum atomic E-state index is -2.90. The molecule has 0 unspecified atom stereocenters. The van der Waals surface area contributed by atoms with Crippen LogP contribution in [0.3, 0.4) is 0 Å². The molecule has 0 amide bonds. The van der Waals surface area contributed by atoms with Gasteiger partial charge in [-0.2, -0.15) is 8.78 Å². The summed E-state index contributed by atoms with van der Waals surface area (Å²) in [5.41, 5.74) is -0.878. The number of fused-ring (bicyclic) bond motifs is 1. The summed E-state index contributed by atoms with van der Waals surface area (Å²) in [5, 5.41) is 3.78. The van der Waals surface area contributed by atoms with Crippen molar-refractivity contribution >= 4 is 11.2 Å². The monoisotopic (exact) mass is 353 g/mol. The Labute approximate surface area is 140 Å². The SMILES string of the molecule is Cc1cc(CCCCn2c(=O)c3c(ncn3C(F)F)n(C)c2=O)on1. The standard InChI is InChI=1S/C15H17F2N5O3/c1-9-7-10(25-19-9)5-3-4-6-21-13(23)11-12(20(2)15(21)24)18-8-22(11)14(16)17/h7-8,14H,3-6H2,1-2H3. The molecule has 0 fully saturated rings. The second kappa shape index (κ2) is 6.61. The van der Waals surface area contributed by atoms with E-state index in [1.54, 1.807) is 0 Å². The van der Waals surface area contributed by atoms with E-state index in [0.717, 1.165) is 26.9 Å². The highest BCUT2D eigenvalue weighted by molar-refractivity contribution is 5.70. The summed E-state index contributed by atoms with van der Waals surface area (Å²) >= 11 is 0. The van der Waals surface area contributed by atoms with E-state index in [1.807, 2.05) is 13.0 Å². The maximum atomic E-state index is 13.0. The number of hydrogen-bond acceptors (Lipinski definition) is 5. The lowest BCUT2D eigenvalue weighted by Crippen LogP contribution is -2.39. The summed E-state index contributed by atoms with van der Waals surface area (Å²) in [4.78, 5) is 28.5. The highest BCUT2D eigenvalue weighted by atomic mass is 19.3. The summed E-state index contributed by atoms with van der Waals surface area (Å²) in [6.07, 6.45) is 2.67. The van der Waals surface area contributed by atoms with E-state index in [2.05, 4.69) is 10.1 Å². The van der Waals surface area contributed by atoms with Crippen LogP contribution in [0.4, 0.5) is 8.78 Å². The minimum Gasteiger partial charge on any atom is -0.361 e. The molecule has 25 heavy (non-hydrogen) atoms. The molecule has 0 aliphatic rings. The number of imidazole rings is 1. The van der Waals surface area contributed by atoms with Gasteiger partial charge in [-0.3, -0.25) is 18.5 Å². The summed E-state index contributed by atoms with van der Waals surface area (Å²) in [7, 11) is 1.40. The van der Waals surface area contributed by atoms with Gasteiger partial charge in [-0.05, 0) is 19.8 Å². The average molecular weight is 353 g/mol. The molecule has 10 heteroatoms. The number of aryl methyl sites for hydroxylation is 3. The minimum absolute atomic E-state index is 0.0521. The number of unbranched alkanes of at least 4 members (excludes halogenated alkanes) is 1. The molecule has 0 N–H and O–H groups in total. The van der Waals surface area contributed by atoms with Crippen LogP contribution < -0.4 is 11.2 Å². The van der Waals surface area contributed by atoms with Crippen molar-refractivity contribution in [3.63, 3.8) is 0 Å². The number of rotatable bonds is 6. The number of aromatic nitrogens is 5. The van der Waals surface area contributed by atoms with Crippen LogP contribution in [0, 0.1) is 6.92 Å². The highest BCUT2D eigenvalue weighted by Crippen LogP contribution is 2.15. The zero-order valence-corrected chi connectivity index (χ0v) is 13.8. The van der Waals surface area contributed by atoms with Crippen LogP contribution in [0.15, 0.2) is 26.5 Å². The Morgan fingerprint density at radius 2 is 2.04 bits per heavy atom. The molecular formula is C15H17F2N5O3. The van der Waals surface area contributed by atoms with Gasteiger partial charge in [0, 0.05) is 26.1 Å². The predicted molar refractivity (Wildman–Crippen MR) is 84.7 cm³/mol. The van der Waals surface area contributed by atoms with Crippen molar-refractivity contribution in [3.05, 3.63) is 44.7 Å². The quantitative estimate of drug-likeness (QED) is 0.628. The van der Waals surface area contributed by atoms with Crippen molar-refractivity contribution in [3.8, 4) is 0 Å². The molecule has 0 atom stereocenters. The molecule has 3 heterocycles. The van der Waals surface area contributed by atoms with Crippen molar-refractivity contribution in [2.75, 3.05) is 0 Å². The molecule has 0 bridgehead atoms. The maximum absolute atomic E-state index is 13.0. The lowest BCUT2D eigenvalue weighted by Gasteiger charge is -2.09. The zero-order valence-electron chi connectivity index (χ0n) is 13.8. The second-order valence-electron chi connectivity index (χ2n) is 5.79. The van der Waals surface area contributed by atoms with Gasteiger partial charge < -0.3 is 4.52 Å². The first-order valence-electron chi connectivity index (χ1n) is 7.77. The Kier molecular flexibility index (Phi) is 4.51. The number of hydrogen-bond donors (Lipinski definition) is 0. The van der Waals surface area contributed by atoms with E-state index in [0.29, 0.717) is 23.8 Å². The Balaban J connectivity index is 1.84. The van der Waals surface area contributed by atoms with Gasteiger partial charge in [-0.1, -0.05) is 5.16 Å². The van der Waals surface area contributed by atoms with Crippen molar-refractivity contribution < 1.29 is 13.3 Å². The first-order chi connectivity index (χ1) is 11.9. The number of alkyl halides is 2. The zero-order chi connectivity index (χ0) is 18.1. The smallest absolute Gasteiger partial charge is 0.332 e. The number of halogens is 2. The predicted octanol–water partition coefficient (Wildman–Crippen LogP) is 1.61. The van der Waals surface area contributed by atoms with Crippen LogP contribution >= 0.6 is 0 Å². The highest BCUT2D eigenvalue weighted by Gasteiger charge is 2.19. The molecule has 0 saturated heterocycles. The average Bonchev–Trinajstić information content (AvgIpc) is 3.18. The van der Waals surface area contributed by atoms with E-state index in [9.17, 15) is 18.4 Å². The lowest BCUT2D eigenvalue weighted by molar-refractivity contribution is 0.0743. The molecule has 0 saturated carbocycles. The van der Waals surface area contributed by atoms with Gasteiger partial charge in [0.25, 0.3) is 5.56 Å². The van der Waals surface area contributed by atoms with Gasteiger partial charge in [0.2, 0.25) is 0 Å². The molecular weight excluding hydrogens is 336 g/mol. The van der Waals surface area contributed by atoms with Crippen LogP contribution in [-0.2, 0) is 20.0 Å². The Morgan fingerprint density at radius 3 is 2.68 bits per heavy atom. The molecule has 3 rings (SSSR count). The van der Waals surface area contributed by atoms with E-state index in [4.69, 9.17) is 4.52 Å². The van der Waals surface area contributed by atoms with Crippen molar-refractivity contribution in [2.24, 2.45) is 7.05 Å². The maximum Gasteiger partial charge on any atom is 0.332 e. The van der Waals surface area contributed by atoms with E-state index >= 15 is 0 Å². The first kappa shape index (κ1) is 17.1. The van der Waals surface area contributed by atoms with Gasteiger partial charge in [0.05, 0.1) is 5.69 Å². The Bertz CT molecular complexity index is 1010. The van der Waals surface area contributed by atoms with Crippen molar-refractivity contribution in [1.29, 1.82) is 0 Å². The largest absolute Gasteiger partial charge is 0.361 e. The topological polar surface area (TPSA) is 87.9 Å². The van der Waals surface area contributed by atoms with E-state index in [-0.39, 0.29) is 17.7 Å². The fourth-order valence-electron chi connectivity index (χ4n) is 2.74. The van der Waals surface area contributed by atoms with Gasteiger partial charge in [-0.15, -0.1) is 0 Å². The van der Waals surface area contributed by atoms with Crippen molar-refractivity contribution in [1.82, 2.24) is 23.8 Å². The molecule has 3 aromatic heterocycles. The molecule has 3 aromatic rings. The molecule has 134 valence electrons. The molecule has 0 spiro atoms. The van der Waals surface area contributed by atoms with E-state index < -0.39 is 17.8 Å². The summed E-state index contributed by atoms with van der Waals surface area (Å²) in [6.45, 7) is -0.959. The van der Waals surface area contributed by atoms with Crippen LogP contribution in [0.2, 0.25) is 0 Å². The molecule has 0 aliphatic carbocycles. The van der Waals surface area contributed by atoms with Gasteiger partial charge in [0.1, 0.15) is 12.1 Å². The fourth-order valence-corrected chi connectivity index (χ4v) is 2.74. The third-order valence-electron chi connectivity index (χ3n) is 4.00. The molecule has 0 aliphatic heterocycles. The normalized spacial score (nSPS) is 11.7. The third-order valence-corrected chi connectivity index (χ3v) is 4.00. The van der Waals surface area contributed by atoms with Crippen molar-refractivity contribution in [2.45, 2.75) is 39.3 Å². The Morgan fingerprint density at radius 1 is 1.28 bits per heavy atom. The second-order valence-corrected chi connectivity index (χ2v) is 5.79. The molecule has 0 aromatic carbocycles.